The number of carbonyl (C=O) groups excluding carboxylic acids is 6. The van der Waals surface area contributed by atoms with Crippen LogP contribution in [0.1, 0.15) is 178 Å². The molecule has 0 aliphatic heterocycles. The van der Waals surface area contributed by atoms with Crippen molar-refractivity contribution < 1.29 is 47.7 Å². The molecule has 78 heavy (non-hydrogen) atoms. The number of nitrogens with one attached hydrogen (secondary N) is 6. The summed E-state index contributed by atoms with van der Waals surface area (Å²) in [5.74, 6) is -0.580. The highest BCUT2D eigenvalue weighted by molar-refractivity contribution is 7.56. The van der Waals surface area contributed by atoms with Crippen molar-refractivity contribution >= 4 is 43.4 Å². The van der Waals surface area contributed by atoms with Crippen LogP contribution in [0, 0.1) is 54.1 Å². The van der Waals surface area contributed by atoms with Crippen LogP contribution in [0.4, 0.5) is 0 Å². The van der Waals surface area contributed by atoms with Crippen LogP contribution in [0.15, 0.2) is 0 Å². The van der Waals surface area contributed by atoms with Crippen molar-refractivity contribution in [3.05, 3.63) is 0 Å². The summed E-state index contributed by atoms with van der Waals surface area (Å²) in [5, 5.41) is 18.2. The van der Waals surface area contributed by atoms with Gasteiger partial charge < -0.3 is 56.6 Å². The van der Waals surface area contributed by atoms with Gasteiger partial charge in [-0.05, 0) is 43.2 Å². The Balaban J connectivity index is 4.60. The molecule has 0 heterocycles. The largest absolute Gasteiger partial charge is 0.380 e. The molecule has 0 aromatic heterocycles. The maximum absolute atomic E-state index is 13.1. The fraction of sp³-hybridized carbons (Fsp3) is 0.900. The molecule has 0 aromatic rings. The fourth-order valence-corrected chi connectivity index (χ4v) is 9.66. The second-order valence-corrected chi connectivity index (χ2v) is 33.0. The monoisotopic (exact) mass is 1130 g/mol. The minimum absolute atomic E-state index is 0.0390. The molecule has 17 nitrogen and oxygen atoms in total. The summed E-state index contributed by atoms with van der Waals surface area (Å²) < 4.78 is 24.4. The molecular weight excluding hydrogens is 1010 g/mol. The number of ether oxygens (including phenoxy) is 4. The number of hydrogen-bond acceptors (Lipinski definition) is 11. The summed E-state index contributed by atoms with van der Waals surface area (Å²) in [4.78, 5) is 77.3. The SMILES string of the molecule is CCC(C)(C)C(=O)NCC(C)(C)COCC(C)(C)CNC(=O)CC(C)(C)COCC(C)(C)CNC(=O)[C@@H](N)CCC(=O)NCC(C)(C)COCC(C)(C)CC(=O)NCC(C)(C)COCC(C)(C)CNC(=O)C(C)(C)CP(C)C. The lowest BCUT2D eigenvalue weighted by Crippen LogP contribution is -2.46. The van der Waals surface area contributed by atoms with Crippen molar-refractivity contribution in [3.63, 3.8) is 0 Å². The van der Waals surface area contributed by atoms with Gasteiger partial charge in [0.1, 0.15) is 0 Å². The molecule has 0 aliphatic carbocycles. The normalized spacial score (nSPS) is 14.0. The van der Waals surface area contributed by atoms with E-state index in [2.05, 4.69) is 86.8 Å². The van der Waals surface area contributed by atoms with Gasteiger partial charge in [-0.15, -0.1) is 7.92 Å². The number of hydrogen-bond donors (Lipinski definition) is 7. The van der Waals surface area contributed by atoms with E-state index in [4.69, 9.17) is 24.7 Å². The molecule has 0 unspecified atom stereocenters. The molecule has 0 aliphatic rings. The molecule has 8 N–H and O–H groups in total. The molecule has 0 fully saturated rings. The van der Waals surface area contributed by atoms with E-state index in [1.807, 2.05) is 104 Å². The molecule has 0 spiro atoms. The molecule has 0 saturated heterocycles. The summed E-state index contributed by atoms with van der Waals surface area (Å²) in [7, 11) is -0.181. The standard InChI is InChI=1S/C60H118N7O10P/c1-24-59(18,19)49(72)66-33-57(14,15)41-76-38-54(8,9)30-64-47(70)28-52(4,5)36-75-40-56(12,13)32-65-48(71)44(61)25-26-45(68)62-29-53(6,7)37-74-35-51(2,3)27-46(69)63-31-55(10,11)39-77-42-58(16,17)34-67-50(73)60(20,21)43-78(22)23/h44H,24-43,61H2,1-23H3,(H,62,68)(H,63,69)(H,64,70)(H,65,71)(H,66,72)(H,67,73)/t44-/m0/s1. The van der Waals surface area contributed by atoms with Gasteiger partial charge in [0.2, 0.25) is 35.4 Å². The molecule has 0 radical (unpaired) electrons. The molecule has 0 bridgehead atoms. The maximum Gasteiger partial charge on any atom is 0.236 e. The van der Waals surface area contributed by atoms with Crippen molar-refractivity contribution in [2.75, 3.05) is 112 Å². The van der Waals surface area contributed by atoms with Crippen LogP contribution in [0.2, 0.25) is 0 Å². The predicted octanol–water partition coefficient (Wildman–Crippen LogP) is 8.05. The lowest BCUT2D eigenvalue weighted by Gasteiger charge is -2.32. The highest BCUT2D eigenvalue weighted by Crippen LogP contribution is 2.35. The average molecular weight is 1130 g/mol. The van der Waals surface area contributed by atoms with E-state index >= 15 is 0 Å². The Morgan fingerprint density at radius 3 is 0.974 bits per heavy atom. The zero-order chi connectivity index (χ0) is 60.8. The van der Waals surface area contributed by atoms with Crippen molar-refractivity contribution in [2.24, 2.45) is 59.9 Å². The van der Waals surface area contributed by atoms with Crippen LogP contribution in [0.25, 0.3) is 0 Å². The first kappa shape index (κ1) is 75.0. The summed E-state index contributed by atoms with van der Waals surface area (Å²) in [5.41, 5.74) is 2.64. The number of rotatable bonds is 41. The van der Waals surface area contributed by atoms with Gasteiger partial charge in [0.25, 0.3) is 0 Å². The van der Waals surface area contributed by atoms with Crippen molar-refractivity contribution in [2.45, 2.75) is 184 Å². The lowest BCUT2D eigenvalue weighted by atomic mass is 9.88. The van der Waals surface area contributed by atoms with Crippen LogP contribution in [0.5, 0.6) is 0 Å². The highest BCUT2D eigenvalue weighted by Gasteiger charge is 2.33. The van der Waals surface area contributed by atoms with Gasteiger partial charge in [-0.1, -0.05) is 145 Å². The molecule has 0 saturated carbocycles. The summed E-state index contributed by atoms with van der Waals surface area (Å²) in [6, 6.07) is -0.863. The Morgan fingerprint density at radius 2 is 0.667 bits per heavy atom. The van der Waals surface area contributed by atoms with E-state index in [1.165, 1.54) is 0 Å². The van der Waals surface area contributed by atoms with E-state index < -0.39 is 38.5 Å². The zero-order valence-corrected chi connectivity index (χ0v) is 54.7. The molecule has 1 atom stereocenters. The Kier molecular flexibility index (Phi) is 30.8. The van der Waals surface area contributed by atoms with Crippen LogP contribution in [-0.4, -0.2) is 153 Å². The van der Waals surface area contributed by atoms with E-state index in [0.717, 1.165) is 12.6 Å². The quantitative estimate of drug-likeness (QED) is 0.0289. The molecule has 458 valence electrons. The third-order valence-corrected chi connectivity index (χ3v) is 15.0. The fourth-order valence-electron chi connectivity index (χ4n) is 7.93. The Labute approximate surface area is 476 Å². The van der Waals surface area contributed by atoms with Crippen LogP contribution in [-0.2, 0) is 47.7 Å². The van der Waals surface area contributed by atoms with Gasteiger partial charge in [-0.2, -0.15) is 0 Å². The predicted molar refractivity (Wildman–Crippen MR) is 320 cm³/mol. The number of carbonyl (C=O) groups is 6. The molecule has 0 rings (SSSR count). The van der Waals surface area contributed by atoms with Crippen molar-refractivity contribution in [3.8, 4) is 0 Å². The topological polar surface area (TPSA) is 238 Å². The Hall–Kier alpha value is -2.95. The highest BCUT2D eigenvalue weighted by atomic mass is 31.1. The van der Waals surface area contributed by atoms with Gasteiger partial charge in [-0.3, -0.25) is 28.8 Å². The number of amides is 6. The second-order valence-electron chi connectivity index (χ2n) is 30.6. The minimum atomic E-state index is -0.863. The first-order valence-corrected chi connectivity index (χ1v) is 30.9. The summed E-state index contributed by atoms with van der Waals surface area (Å²) in [6.07, 6.45) is 2.47. The van der Waals surface area contributed by atoms with Gasteiger partial charge in [-0.25, -0.2) is 0 Å². The summed E-state index contributed by atoms with van der Waals surface area (Å²) >= 11 is 0. The smallest absolute Gasteiger partial charge is 0.236 e. The van der Waals surface area contributed by atoms with Gasteiger partial charge in [0.15, 0.2) is 0 Å². The first-order valence-electron chi connectivity index (χ1n) is 28.5. The lowest BCUT2D eigenvalue weighted by molar-refractivity contribution is -0.130. The minimum Gasteiger partial charge on any atom is -0.380 e. The molecule has 18 heteroatoms. The van der Waals surface area contributed by atoms with E-state index in [0.29, 0.717) is 92.1 Å². The van der Waals surface area contributed by atoms with E-state index in [9.17, 15) is 28.8 Å². The van der Waals surface area contributed by atoms with Crippen LogP contribution >= 0.6 is 7.92 Å². The Morgan fingerprint density at radius 1 is 0.397 bits per heavy atom. The van der Waals surface area contributed by atoms with E-state index in [1.54, 1.807) is 0 Å². The van der Waals surface area contributed by atoms with Gasteiger partial charge in [0.05, 0.1) is 58.9 Å². The van der Waals surface area contributed by atoms with Gasteiger partial charge >= 0.3 is 0 Å². The molecule has 0 aromatic carbocycles. The third-order valence-electron chi connectivity index (χ3n) is 13.6. The Bertz CT molecular complexity index is 1880. The van der Waals surface area contributed by atoms with Crippen LogP contribution in [0.3, 0.4) is 0 Å². The van der Waals surface area contributed by atoms with Crippen LogP contribution < -0.4 is 37.6 Å². The first-order chi connectivity index (χ1) is 35.2. The summed E-state index contributed by atoms with van der Waals surface area (Å²) in [6.45, 7) is 52.6. The third kappa shape index (κ3) is 35.0. The van der Waals surface area contributed by atoms with Crippen molar-refractivity contribution in [1.82, 2.24) is 31.9 Å². The average Bonchev–Trinajstić information content (AvgIpc) is 3.27. The van der Waals surface area contributed by atoms with Crippen molar-refractivity contribution in [1.29, 1.82) is 0 Å². The zero-order valence-electron chi connectivity index (χ0n) is 53.8. The second kappa shape index (κ2) is 32.0. The van der Waals surface area contributed by atoms with E-state index in [-0.39, 0.29) is 90.7 Å². The molecule has 6 amide bonds. The van der Waals surface area contributed by atoms with Gasteiger partial charge in [0, 0.05) is 102 Å². The number of nitrogens with two attached hydrogens (primary N) is 1. The maximum atomic E-state index is 13.1. The molecular formula is C60H118N7O10P.